The molecule has 1 aromatic carbocycles. The lowest BCUT2D eigenvalue weighted by Gasteiger charge is -2.11. The average molecular weight is 288 g/mol. The lowest BCUT2D eigenvalue weighted by molar-refractivity contribution is -0.380. The van der Waals surface area contributed by atoms with Gasteiger partial charge in [-0.25, -0.2) is 4.98 Å². The third-order valence-corrected chi connectivity index (χ3v) is 4.03. The van der Waals surface area contributed by atoms with Gasteiger partial charge < -0.3 is 9.88 Å². The maximum atomic E-state index is 10.7. The van der Waals surface area contributed by atoms with E-state index in [-0.39, 0.29) is 9.92 Å². The van der Waals surface area contributed by atoms with E-state index in [9.17, 15) is 10.1 Å². The van der Waals surface area contributed by atoms with Gasteiger partial charge in [0.05, 0.1) is 20.8 Å². The molecule has 0 saturated carbocycles. The van der Waals surface area contributed by atoms with E-state index in [1.54, 1.807) is 6.07 Å². The van der Waals surface area contributed by atoms with Crippen LogP contribution in [-0.2, 0) is 0 Å². The average Bonchev–Trinajstić information content (AvgIpc) is 3.04. The summed E-state index contributed by atoms with van der Waals surface area (Å²) in [5.74, 6) is 0.661. The summed E-state index contributed by atoms with van der Waals surface area (Å²) in [6, 6.07) is 9.15. The van der Waals surface area contributed by atoms with Crippen LogP contribution in [0.1, 0.15) is 0 Å². The maximum absolute atomic E-state index is 10.7. The third kappa shape index (κ3) is 2.12. The number of nitrogens with zero attached hydrogens (tertiary/aromatic N) is 3. The molecule has 0 aliphatic rings. The van der Waals surface area contributed by atoms with Gasteiger partial charge in [-0.15, -0.1) is 0 Å². The molecule has 2 aromatic heterocycles. The Kier molecular flexibility index (Phi) is 2.90. The topological polar surface area (TPSA) is 75.1 Å². The number of aromatic amines is 1. The largest absolute Gasteiger partial charge is 0.378 e. The number of nitro groups is 1. The first-order valence-electron chi connectivity index (χ1n) is 5.96. The Hall–Kier alpha value is -2.41. The Morgan fingerprint density at radius 2 is 2.10 bits per heavy atom. The Balaban J connectivity index is 2.05. The van der Waals surface area contributed by atoms with Crippen LogP contribution in [-0.4, -0.2) is 29.0 Å². The molecule has 102 valence electrons. The lowest BCUT2D eigenvalue weighted by Crippen LogP contribution is -2.07. The van der Waals surface area contributed by atoms with Gasteiger partial charge in [-0.1, -0.05) is 11.3 Å². The van der Waals surface area contributed by atoms with Crippen molar-refractivity contribution in [2.75, 3.05) is 19.0 Å². The molecule has 3 rings (SSSR count). The van der Waals surface area contributed by atoms with Crippen LogP contribution in [0.2, 0.25) is 0 Å². The smallest absolute Gasteiger partial charge is 0.324 e. The van der Waals surface area contributed by atoms with Crippen molar-refractivity contribution in [1.29, 1.82) is 0 Å². The number of fused-ring (bicyclic) bond motifs is 1. The van der Waals surface area contributed by atoms with Gasteiger partial charge in [0.25, 0.3) is 0 Å². The second kappa shape index (κ2) is 4.61. The highest BCUT2D eigenvalue weighted by molar-refractivity contribution is 7.18. The number of anilines is 1. The molecule has 2 heterocycles. The molecule has 0 fully saturated rings. The molecule has 7 heteroatoms. The Morgan fingerprint density at radius 3 is 2.75 bits per heavy atom. The van der Waals surface area contributed by atoms with Crippen LogP contribution in [0.15, 0.2) is 30.3 Å². The van der Waals surface area contributed by atoms with E-state index in [1.807, 2.05) is 37.2 Å². The fourth-order valence-electron chi connectivity index (χ4n) is 1.95. The van der Waals surface area contributed by atoms with Crippen molar-refractivity contribution in [2.24, 2.45) is 0 Å². The lowest BCUT2D eigenvalue weighted by atomic mass is 10.2. The van der Waals surface area contributed by atoms with E-state index in [0.717, 1.165) is 32.9 Å². The Labute approximate surface area is 118 Å². The van der Waals surface area contributed by atoms with E-state index in [4.69, 9.17) is 0 Å². The summed E-state index contributed by atoms with van der Waals surface area (Å²) in [6.07, 6.45) is 0. The fraction of sp³-hybridized carbons (Fsp3) is 0.154. The summed E-state index contributed by atoms with van der Waals surface area (Å²) in [4.78, 5) is 20.8. The van der Waals surface area contributed by atoms with Crippen molar-refractivity contribution in [3.63, 3.8) is 0 Å². The molecule has 0 radical (unpaired) electrons. The third-order valence-electron chi connectivity index (χ3n) is 2.99. The quantitative estimate of drug-likeness (QED) is 0.593. The number of hydrogen-bond donors (Lipinski definition) is 1. The standard InChI is InChI=1S/C13H12N4O2S/c1-16(2)8-3-4-9-10(7-8)15-13(14-9)11-5-6-12(20-11)17(18)19/h3-7H,1-2H3,(H,14,15). The maximum Gasteiger partial charge on any atom is 0.324 e. The predicted molar refractivity (Wildman–Crippen MR) is 80.4 cm³/mol. The molecule has 0 unspecified atom stereocenters. The van der Waals surface area contributed by atoms with E-state index < -0.39 is 0 Å². The van der Waals surface area contributed by atoms with Crippen LogP contribution in [0.25, 0.3) is 21.7 Å². The van der Waals surface area contributed by atoms with Gasteiger partial charge in [0, 0.05) is 25.8 Å². The van der Waals surface area contributed by atoms with Gasteiger partial charge in [0.15, 0.2) is 0 Å². The summed E-state index contributed by atoms with van der Waals surface area (Å²) >= 11 is 1.12. The number of H-pyrrole nitrogens is 1. The van der Waals surface area contributed by atoms with E-state index >= 15 is 0 Å². The minimum atomic E-state index is -0.388. The zero-order valence-electron chi connectivity index (χ0n) is 11.0. The zero-order valence-corrected chi connectivity index (χ0v) is 11.8. The highest BCUT2D eigenvalue weighted by atomic mass is 32.1. The monoisotopic (exact) mass is 288 g/mol. The second-order valence-electron chi connectivity index (χ2n) is 4.58. The second-order valence-corrected chi connectivity index (χ2v) is 5.64. The van der Waals surface area contributed by atoms with Gasteiger partial charge in [-0.2, -0.15) is 0 Å². The minimum Gasteiger partial charge on any atom is -0.378 e. The number of thiophene rings is 1. The first kappa shape index (κ1) is 12.6. The predicted octanol–water partition coefficient (Wildman–Crippen LogP) is 3.27. The summed E-state index contributed by atoms with van der Waals surface area (Å²) in [5.41, 5.74) is 2.84. The van der Waals surface area contributed by atoms with Crippen LogP contribution in [0.4, 0.5) is 10.7 Å². The molecule has 1 N–H and O–H groups in total. The summed E-state index contributed by atoms with van der Waals surface area (Å²) in [6.45, 7) is 0. The summed E-state index contributed by atoms with van der Waals surface area (Å²) in [5, 5.41) is 10.8. The van der Waals surface area contributed by atoms with Gasteiger partial charge in [-0.05, 0) is 24.3 Å². The van der Waals surface area contributed by atoms with Crippen LogP contribution in [0, 0.1) is 10.1 Å². The van der Waals surface area contributed by atoms with Crippen LogP contribution in [0.5, 0.6) is 0 Å². The molecule has 0 bridgehead atoms. The zero-order chi connectivity index (χ0) is 14.3. The Morgan fingerprint density at radius 1 is 1.30 bits per heavy atom. The number of hydrogen-bond acceptors (Lipinski definition) is 5. The number of aromatic nitrogens is 2. The molecular formula is C13H12N4O2S. The molecule has 0 aliphatic carbocycles. The van der Waals surface area contributed by atoms with Crippen LogP contribution < -0.4 is 4.90 Å². The normalized spacial score (nSPS) is 10.9. The van der Waals surface area contributed by atoms with Crippen LogP contribution in [0.3, 0.4) is 0 Å². The Bertz CT molecular complexity index is 791. The molecule has 0 atom stereocenters. The van der Waals surface area contributed by atoms with E-state index in [2.05, 4.69) is 9.97 Å². The molecule has 6 nitrogen and oxygen atoms in total. The molecule has 0 amide bonds. The summed E-state index contributed by atoms with van der Waals surface area (Å²) < 4.78 is 0. The van der Waals surface area contributed by atoms with Crippen LogP contribution >= 0.6 is 11.3 Å². The van der Waals surface area contributed by atoms with Crippen molar-refractivity contribution in [2.45, 2.75) is 0 Å². The highest BCUT2D eigenvalue weighted by Gasteiger charge is 2.14. The molecule has 0 aliphatic heterocycles. The van der Waals surface area contributed by atoms with Crippen molar-refractivity contribution >= 4 is 33.1 Å². The number of benzene rings is 1. The molecule has 0 saturated heterocycles. The van der Waals surface area contributed by atoms with E-state index in [1.165, 1.54) is 6.07 Å². The van der Waals surface area contributed by atoms with Gasteiger partial charge in [-0.3, -0.25) is 10.1 Å². The van der Waals surface area contributed by atoms with Gasteiger partial charge in [0.2, 0.25) is 0 Å². The molecule has 0 spiro atoms. The van der Waals surface area contributed by atoms with Crippen molar-refractivity contribution in [3.05, 3.63) is 40.4 Å². The number of rotatable bonds is 3. The first-order chi connectivity index (χ1) is 9.54. The van der Waals surface area contributed by atoms with Crippen molar-refractivity contribution in [1.82, 2.24) is 9.97 Å². The number of nitrogens with one attached hydrogen (secondary N) is 1. The molecule has 20 heavy (non-hydrogen) atoms. The SMILES string of the molecule is CN(C)c1ccc2nc(-c3ccc([N+](=O)[O-])s3)[nH]c2c1. The molecular weight excluding hydrogens is 276 g/mol. The van der Waals surface area contributed by atoms with Gasteiger partial charge >= 0.3 is 5.00 Å². The van der Waals surface area contributed by atoms with Gasteiger partial charge in [0.1, 0.15) is 5.82 Å². The van der Waals surface area contributed by atoms with Crippen molar-refractivity contribution < 1.29 is 4.92 Å². The highest BCUT2D eigenvalue weighted by Crippen LogP contribution is 2.32. The molecule has 3 aromatic rings. The summed E-state index contributed by atoms with van der Waals surface area (Å²) in [7, 11) is 3.95. The van der Waals surface area contributed by atoms with Crippen molar-refractivity contribution in [3.8, 4) is 10.7 Å². The minimum absolute atomic E-state index is 0.120. The first-order valence-corrected chi connectivity index (χ1v) is 6.78. The number of imidazole rings is 1. The fourth-order valence-corrected chi connectivity index (χ4v) is 2.71. The van der Waals surface area contributed by atoms with E-state index in [0.29, 0.717) is 5.82 Å².